The molecular weight excluding hydrogens is 399 g/mol. The predicted molar refractivity (Wildman–Crippen MR) is 92.9 cm³/mol. The van der Waals surface area contributed by atoms with Gasteiger partial charge >= 0.3 is 0 Å². The highest BCUT2D eigenvalue weighted by molar-refractivity contribution is 14.1. The molecule has 2 aromatic rings. The van der Waals surface area contributed by atoms with E-state index in [0.717, 1.165) is 14.2 Å². The summed E-state index contributed by atoms with van der Waals surface area (Å²) in [5.74, 6) is 0.254. The molecule has 4 nitrogen and oxygen atoms in total. The van der Waals surface area contributed by atoms with Crippen LogP contribution in [0, 0.1) is 3.57 Å². The Morgan fingerprint density at radius 1 is 1.24 bits per heavy atom. The lowest BCUT2D eigenvalue weighted by Crippen LogP contribution is -2.19. The first-order chi connectivity index (χ1) is 10.1. The van der Waals surface area contributed by atoms with Gasteiger partial charge in [0, 0.05) is 14.2 Å². The minimum Gasteiger partial charge on any atom is -0.324 e. The van der Waals surface area contributed by atoms with Gasteiger partial charge in [-0.3, -0.25) is 9.59 Å². The maximum atomic E-state index is 12.3. The van der Waals surface area contributed by atoms with E-state index in [0.29, 0.717) is 17.0 Å². The van der Waals surface area contributed by atoms with E-state index in [4.69, 9.17) is 0 Å². The van der Waals surface area contributed by atoms with Crippen LogP contribution in [0.4, 0.5) is 11.4 Å². The fraction of sp³-hybridized carbons (Fsp3) is 0.0667. The second-order valence-corrected chi connectivity index (χ2v) is 6.66. The molecule has 0 atom stereocenters. The monoisotopic (exact) mass is 410 g/mol. The molecular formula is C15H11IN2O2S. The van der Waals surface area contributed by atoms with Crippen LogP contribution in [-0.4, -0.2) is 17.6 Å². The van der Waals surface area contributed by atoms with E-state index in [1.165, 1.54) is 11.8 Å². The van der Waals surface area contributed by atoms with Crippen molar-refractivity contribution in [2.45, 2.75) is 4.90 Å². The highest BCUT2D eigenvalue weighted by atomic mass is 127. The third kappa shape index (κ3) is 3.21. The third-order valence-electron chi connectivity index (χ3n) is 2.99. The number of anilines is 2. The van der Waals surface area contributed by atoms with Crippen LogP contribution < -0.4 is 10.6 Å². The third-order valence-corrected chi connectivity index (χ3v) is 5.00. The van der Waals surface area contributed by atoms with Crippen LogP contribution >= 0.6 is 34.4 Å². The van der Waals surface area contributed by atoms with Gasteiger partial charge in [-0.25, -0.2) is 0 Å². The Bertz CT molecular complexity index is 733. The molecule has 6 heteroatoms. The molecule has 3 rings (SSSR count). The molecule has 2 aromatic carbocycles. The number of thioether (sulfide) groups is 1. The number of carbonyl (C=O) groups is 2. The van der Waals surface area contributed by atoms with Gasteiger partial charge < -0.3 is 10.6 Å². The van der Waals surface area contributed by atoms with Crippen molar-refractivity contribution in [2.24, 2.45) is 0 Å². The second-order valence-electron chi connectivity index (χ2n) is 4.48. The van der Waals surface area contributed by atoms with E-state index < -0.39 is 0 Å². The van der Waals surface area contributed by atoms with Gasteiger partial charge in [-0.05, 0) is 52.9 Å². The molecule has 0 spiro atoms. The summed E-state index contributed by atoms with van der Waals surface area (Å²) in [6.45, 7) is 0. The molecule has 2 amide bonds. The molecule has 0 bridgehead atoms. The SMILES string of the molecule is O=C1CSc2ccc(NC(=O)c3ccccc3I)cc2N1. The summed E-state index contributed by atoms with van der Waals surface area (Å²) >= 11 is 3.63. The molecule has 0 saturated carbocycles. The molecule has 1 aliphatic rings. The largest absolute Gasteiger partial charge is 0.324 e. The van der Waals surface area contributed by atoms with Gasteiger partial charge in [-0.15, -0.1) is 11.8 Å². The lowest BCUT2D eigenvalue weighted by Gasteiger charge is -2.17. The Morgan fingerprint density at radius 3 is 2.86 bits per heavy atom. The van der Waals surface area contributed by atoms with Crippen molar-refractivity contribution >= 4 is 57.5 Å². The Labute approximate surface area is 139 Å². The Balaban J connectivity index is 1.82. The quantitative estimate of drug-likeness (QED) is 0.745. The summed E-state index contributed by atoms with van der Waals surface area (Å²) < 4.78 is 0.898. The van der Waals surface area contributed by atoms with E-state index in [9.17, 15) is 9.59 Å². The van der Waals surface area contributed by atoms with E-state index >= 15 is 0 Å². The number of amides is 2. The molecule has 0 fully saturated rings. The zero-order valence-electron chi connectivity index (χ0n) is 10.9. The molecule has 1 aliphatic heterocycles. The van der Waals surface area contributed by atoms with Gasteiger partial charge in [-0.1, -0.05) is 12.1 Å². The molecule has 1 heterocycles. The number of halogens is 1. The normalized spacial score (nSPS) is 13.3. The second kappa shape index (κ2) is 6.07. The molecule has 106 valence electrons. The summed E-state index contributed by atoms with van der Waals surface area (Å²) in [5, 5.41) is 5.67. The van der Waals surface area contributed by atoms with Crippen molar-refractivity contribution in [3.05, 3.63) is 51.6 Å². The number of hydrogen-bond acceptors (Lipinski definition) is 3. The van der Waals surface area contributed by atoms with Gasteiger partial charge in [0.05, 0.1) is 17.0 Å². The standard InChI is InChI=1S/C15H11IN2O2S/c16-11-4-2-1-3-10(11)15(20)17-9-5-6-13-12(7-9)18-14(19)8-21-13/h1-7H,8H2,(H,17,20)(H,18,19). The van der Waals surface area contributed by atoms with Crippen molar-refractivity contribution in [1.29, 1.82) is 0 Å². The van der Waals surface area contributed by atoms with Gasteiger partial charge in [-0.2, -0.15) is 0 Å². The van der Waals surface area contributed by atoms with Crippen molar-refractivity contribution in [2.75, 3.05) is 16.4 Å². The van der Waals surface area contributed by atoms with Crippen LogP contribution in [0.5, 0.6) is 0 Å². The van der Waals surface area contributed by atoms with E-state index in [2.05, 4.69) is 33.2 Å². The summed E-state index contributed by atoms with van der Waals surface area (Å²) in [6, 6.07) is 12.9. The number of hydrogen-bond donors (Lipinski definition) is 2. The number of carbonyl (C=O) groups excluding carboxylic acids is 2. The fourth-order valence-corrected chi connectivity index (χ4v) is 3.43. The number of rotatable bonds is 2. The van der Waals surface area contributed by atoms with Crippen molar-refractivity contribution in [1.82, 2.24) is 0 Å². The minimum atomic E-state index is -0.158. The smallest absolute Gasteiger partial charge is 0.256 e. The zero-order chi connectivity index (χ0) is 14.8. The molecule has 0 aromatic heterocycles. The average molecular weight is 410 g/mol. The van der Waals surface area contributed by atoms with Gasteiger partial charge in [0.2, 0.25) is 5.91 Å². The summed E-state index contributed by atoms with van der Waals surface area (Å²) in [6.07, 6.45) is 0. The summed E-state index contributed by atoms with van der Waals surface area (Å²) in [7, 11) is 0. The lowest BCUT2D eigenvalue weighted by atomic mass is 10.2. The van der Waals surface area contributed by atoms with Crippen LogP contribution in [0.15, 0.2) is 47.4 Å². The highest BCUT2D eigenvalue weighted by Gasteiger charge is 2.16. The molecule has 0 unspecified atom stereocenters. The Morgan fingerprint density at radius 2 is 2.05 bits per heavy atom. The molecule has 0 aliphatic carbocycles. The molecule has 2 N–H and O–H groups in total. The molecule has 0 radical (unpaired) electrons. The van der Waals surface area contributed by atoms with Gasteiger partial charge in [0.25, 0.3) is 5.91 Å². The van der Waals surface area contributed by atoms with Crippen LogP contribution in [0.1, 0.15) is 10.4 Å². The van der Waals surface area contributed by atoms with Crippen molar-refractivity contribution < 1.29 is 9.59 Å². The number of fused-ring (bicyclic) bond motifs is 1. The fourth-order valence-electron chi connectivity index (χ4n) is 2.00. The Hall–Kier alpha value is -1.54. The topological polar surface area (TPSA) is 58.2 Å². The predicted octanol–water partition coefficient (Wildman–Crippen LogP) is 3.59. The highest BCUT2D eigenvalue weighted by Crippen LogP contribution is 2.33. The zero-order valence-corrected chi connectivity index (χ0v) is 13.8. The van der Waals surface area contributed by atoms with E-state index in [1.807, 2.05) is 30.3 Å². The first-order valence-corrected chi connectivity index (χ1v) is 8.32. The van der Waals surface area contributed by atoms with Crippen molar-refractivity contribution in [3.8, 4) is 0 Å². The van der Waals surface area contributed by atoms with Crippen molar-refractivity contribution in [3.63, 3.8) is 0 Å². The molecule has 0 saturated heterocycles. The number of benzene rings is 2. The maximum Gasteiger partial charge on any atom is 0.256 e. The maximum absolute atomic E-state index is 12.3. The minimum absolute atomic E-state index is 0.0198. The summed E-state index contributed by atoms with van der Waals surface area (Å²) in [5.41, 5.74) is 2.05. The Kier molecular flexibility index (Phi) is 4.16. The van der Waals surface area contributed by atoms with E-state index in [-0.39, 0.29) is 11.8 Å². The van der Waals surface area contributed by atoms with Crippen LogP contribution in [0.2, 0.25) is 0 Å². The number of nitrogens with one attached hydrogen (secondary N) is 2. The van der Waals surface area contributed by atoms with E-state index in [1.54, 1.807) is 12.1 Å². The van der Waals surface area contributed by atoms with Gasteiger partial charge in [0.15, 0.2) is 0 Å². The summed E-state index contributed by atoms with van der Waals surface area (Å²) in [4.78, 5) is 24.7. The lowest BCUT2D eigenvalue weighted by molar-refractivity contribution is -0.113. The van der Waals surface area contributed by atoms with Crippen LogP contribution in [-0.2, 0) is 4.79 Å². The van der Waals surface area contributed by atoms with Crippen LogP contribution in [0.3, 0.4) is 0 Å². The molecule has 21 heavy (non-hydrogen) atoms. The first kappa shape index (κ1) is 14.4. The first-order valence-electron chi connectivity index (χ1n) is 6.26. The van der Waals surface area contributed by atoms with Crippen LogP contribution in [0.25, 0.3) is 0 Å². The van der Waals surface area contributed by atoms with Gasteiger partial charge in [0.1, 0.15) is 0 Å². The average Bonchev–Trinajstić information content (AvgIpc) is 2.47.